The molecule has 0 saturated carbocycles. The van der Waals surface area contributed by atoms with Gasteiger partial charge >= 0.3 is 0 Å². The van der Waals surface area contributed by atoms with Crippen molar-refractivity contribution < 1.29 is 4.79 Å². The molecule has 0 amide bonds. The minimum Gasteiger partial charge on any atom is -0.294 e. The SMILES string of the molecule is O=C1CP1. The highest BCUT2D eigenvalue weighted by atomic mass is 31.1. The van der Waals surface area contributed by atoms with Crippen molar-refractivity contribution in [3.05, 3.63) is 0 Å². The smallest absolute Gasteiger partial charge is 0.156 e. The number of rotatable bonds is 0. The van der Waals surface area contributed by atoms with Gasteiger partial charge in [-0.25, -0.2) is 0 Å². The number of hydrogen-bond donors (Lipinski definition) is 0. The van der Waals surface area contributed by atoms with Gasteiger partial charge in [-0.2, -0.15) is 0 Å². The molecule has 4 heavy (non-hydrogen) atoms. The summed E-state index contributed by atoms with van der Waals surface area (Å²) in [5.41, 5.74) is 0.444. The minimum atomic E-state index is 0.444. The van der Waals surface area contributed by atoms with Crippen molar-refractivity contribution in [3.8, 4) is 0 Å². The van der Waals surface area contributed by atoms with E-state index in [1.807, 2.05) is 0 Å². The molecular weight excluding hydrogens is 71.0 g/mol. The molecule has 0 spiro atoms. The molecular formula is C2H3OP. The molecule has 1 saturated heterocycles. The van der Waals surface area contributed by atoms with Gasteiger partial charge in [0.1, 0.15) is 0 Å². The maximum absolute atomic E-state index is 9.57. The molecule has 0 aromatic rings. The molecule has 1 unspecified atom stereocenters. The molecule has 0 aliphatic carbocycles. The molecule has 1 rings (SSSR count). The predicted molar refractivity (Wildman–Crippen MR) is 18.2 cm³/mol. The van der Waals surface area contributed by atoms with Crippen LogP contribution in [-0.2, 0) is 4.79 Å². The minimum absolute atomic E-state index is 0.444. The Hall–Kier alpha value is 0.100. The monoisotopic (exact) mass is 74.0 g/mol. The van der Waals surface area contributed by atoms with E-state index in [1.54, 1.807) is 0 Å². The quantitative estimate of drug-likeness (QED) is 0.375. The van der Waals surface area contributed by atoms with E-state index in [0.29, 0.717) is 14.1 Å². The van der Waals surface area contributed by atoms with E-state index in [9.17, 15) is 4.79 Å². The van der Waals surface area contributed by atoms with E-state index in [-0.39, 0.29) is 0 Å². The Morgan fingerprint density at radius 2 is 2.25 bits per heavy atom. The first kappa shape index (κ1) is 2.34. The summed E-state index contributed by atoms with van der Waals surface area (Å²) in [5, 5.41) is 0. The fraction of sp³-hybridized carbons (Fsp3) is 0.500. The fourth-order valence-electron chi connectivity index (χ4n) is 0.0361. The molecule has 0 aromatic carbocycles. The molecule has 2 heteroatoms. The van der Waals surface area contributed by atoms with Crippen LogP contribution in [0, 0.1) is 0 Å². The van der Waals surface area contributed by atoms with Gasteiger partial charge in [0, 0.05) is 6.16 Å². The van der Waals surface area contributed by atoms with Gasteiger partial charge in [-0.15, -0.1) is 0 Å². The zero-order chi connectivity index (χ0) is 2.99. The zero-order valence-corrected chi connectivity index (χ0v) is 3.12. The molecule has 0 bridgehead atoms. The first-order valence-corrected chi connectivity index (χ1v) is 2.37. The van der Waals surface area contributed by atoms with Crippen LogP contribution in [0.25, 0.3) is 0 Å². The average Bonchev–Trinajstić information content (AvgIpc) is 1.75. The number of carbonyl (C=O) groups is 1. The van der Waals surface area contributed by atoms with Crippen LogP contribution in [-0.4, -0.2) is 11.7 Å². The highest BCUT2D eigenvalue weighted by Gasteiger charge is 2.13. The third kappa shape index (κ3) is 0.264. The summed E-state index contributed by atoms with van der Waals surface area (Å²) < 4.78 is 0. The lowest BCUT2D eigenvalue weighted by atomic mass is 11.0. The zero-order valence-electron chi connectivity index (χ0n) is 2.12. The maximum atomic E-state index is 9.57. The first-order chi connectivity index (χ1) is 1.89. The molecule has 1 fully saturated rings. The van der Waals surface area contributed by atoms with Gasteiger partial charge in [-0.05, 0) is 8.58 Å². The van der Waals surface area contributed by atoms with Gasteiger partial charge in [0.15, 0.2) is 5.52 Å². The van der Waals surface area contributed by atoms with Gasteiger partial charge in [-0.1, -0.05) is 0 Å². The Bertz CT molecular complexity index is 44.0. The summed E-state index contributed by atoms with van der Waals surface area (Å²) in [7, 11) is 0.668. The second-order valence-corrected chi connectivity index (χ2v) is 2.04. The van der Waals surface area contributed by atoms with Gasteiger partial charge in [0.05, 0.1) is 0 Å². The van der Waals surface area contributed by atoms with Gasteiger partial charge < -0.3 is 0 Å². The van der Waals surface area contributed by atoms with Crippen LogP contribution < -0.4 is 0 Å². The third-order valence-electron chi connectivity index (χ3n) is 0.321. The Balaban J connectivity index is 2.60. The fourth-order valence-corrected chi connectivity index (χ4v) is 0.108. The van der Waals surface area contributed by atoms with Crippen molar-refractivity contribution in [1.29, 1.82) is 0 Å². The lowest BCUT2D eigenvalue weighted by Gasteiger charge is -1.25. The Kier molecular flexibility index (Phi) is 0.308. The van der Waals surface area contributed by atoms with E-state index < -0.39 is 0 Å². The van der Waals surface area contributed by atoms with Gasteiger partial charge in [0.2, 0.25) is 0 Å². The summed E-state index contributed by atoms with van der Waals surface area (Å²) in [6.07, 6.45) is 0.875. The highest BCUT2D eigenvalue weighted by Crippen LogP contribution is 2.28. The van der Waals surface area contributed by atoms with Crippen molar-refractivity contribution in [2.45, 2.75) is 0 Å². The van der Waals surface area contributed by atoms with Gasteiger partial charge in [0.25, 0.3) is 0 Å². The molecule has 0 aromatic heterocycles. The van der Waals surface area contributed by atoms with E-state index in [4.69, 9.17) is 0 Å². The summed E-state index contributed by atoms with van der Waals surface area (Å²) in [4.78, 5) is 9.57. The number of hydrogen-bond acceptors (Lipinski definition) is 1. The molecule has 1 atom stereocenters. The van der Waals surface area contributed by atoms with Crippen LogP contribution in [0.2, 0.25) is 0 Å². The van der Waals surface area contributed by atoms with Crippen LogP contribution in [0.4, 0.5) is 0 Å². The Labute approximate surface area is 26.2 Å². The van der Waals surface area contributed by atoms with Crippen LogP contribution in [0.3, 0.4) is 0 Å². The summed E-state index contributed by atoms with van der Waals surface area (Å²) in [6.45, 7) is 0. The van der Waals surface area contributed by atoms with Crippen molar-refractivity contribution in [2.75, 3.05) is 6.16 Å². The highest BCUT2D eigenvalue weighted by molar-refractivity contribution is 7.71. The first-order valence-electron chi connectivity index (χ1n) is 1.16. The predicted octanol–water partition coefficient (Wildman–Crippen LogP) is 0.205. The molecule has 1 nitrogen and oxygen atoms in total. The normalized spacial score (nSPS) is 27.5. The topological polar surface area (TPSA) is 17.1 Å². The third-order valence-corrected chi connectivity index (χ3v) is 0.963. The standard InChI is InChI=1S/C2H3OP/c3-2-1-4-2/h4H,1H2. The second kappa shape index (κ2) is 0.526. The summed E-state index contributed by atoms with van der Waals surface area (Å²) in [5.74, 6) is 0. The Morgan fingerprint density at radius 3 is 2.25 bits per heavy atom. The van der Waals surface area contributed by atoms with Crippen LogP contribution in [0.15, 0.2) is 0 Å². The van der Waals surface area contributed by atoms with Crippen molar-refractivity contribution in [1.82, 2.24) is 0 Å². The molecule has 0 radical (unpaired) electrons. The molecule has 1 aliphatic heterocycles. The molecule has 1 aliphatic rings. The second-order valence-electron chi connectivity index (χ2n) is 0.777. The maximum Gasteiger partial charge on any atom is 0.156 e. The van der Waals surface area contributed by atoms with Crippen LogP contribution in [0.5, 0.6) is 0 Å². The van der Waals surface area contributed by atoms with E-state index in [0.717, 1.165) is 6.16 Å². The van der Waals surface area contributed by atoms with E-state index >= 15 is 0 Å². The van der Waals surface area contributed by atoms with Crippen molar-refractivity contribution in [2.24, 2.45) is 0 Å². The molecule has 22 valence electrons. The number of carbonyl (C=O) groups excluding carboxylic acids is 1. The van der Waals surface area contributed by atoms with Crippen LogP contribution in [0.1, 0.15) is 0 Å². The lowest BCUT2D eigenvalue weighted by Crippen LogP contribution is -1.47. The van der Waals surface area contributed by atoms with Crippen molar-refractivity contribution >= 4 is 14.1 Å². The van der Waals surface area contributed by atoms with E-state index in [1.165, 1.54) is 0 Å². The van der Waals surface area contributed by atoms with E-state index in [2.05, 4.69) is 0 Å². The van der Waals surface area contributed by atoms with Crippen molar-refractivity contribution in [3.63, 3.8) is 0 Å². The summed E-state index contributed by atoms with van der Waals surface area (Å²) in [6, 6.07) is 0. The molecule has 0 N–H and O–H groups in total. The largest absolute Gasteiger partial charge is 0.294 e. The summed E-state index contributed by atoms with van der Waals surface area (Å²) >= 11 is 0. The molecule has 1 heterocycles. The Morgan fingerprint density at radius 1 is 2.00 bits per heavy atom. The van der Waals surface area contributed by atoms with Gasteiger partial charge in [-0.3, -0.25) is 4.79 Å². The van der Waals surface area contributed by atoms with Crippen LogP contribution >= 0.6 is 8.58 Å². The average molecular weight is 74.0 g/mol. The lowest BCUT2D eigenvalue weighted by molar-refractivity contribution is -0.106.